The van der Waals surface area contributed by atoms with Gasteiger partial charge in [-0.05, 0) is 50.9 Å². The molecule has 0 aromatic heterocycles. The molecule has 0 N–H and O–H groups in total. The van der Waals surface area contributed by atoms with E-state index in [1.165, 1.54) is 0 Å². The van der Waals surface area contributed by atoms with Gasteiger partial charge in [0.25, 0.3) is 5.91 Å². The van der Waals surface area contributed by atoms with Gasteiger partial charge in [-0.3, -0.25) is 14.5 Å². The van der Waals surface area contributed by atoms with Crippen molar-refractivity contribution in [3.63, 3.8) is 0 Å². The van der Waals surface area contributed by atoms with E-state index in [0.717, 1.165) is 27.1 Å². The first-order chi connectivity index (χ1) is 14.3. The second-order valence-electron chi connectivity index (χ2n) is 9.33. The predicted molar refractivity (Wildman–Crippen MR) is 124 cm³/mol. The molecule has 1 aromatic carbocycles. The summed E-state index contributed by atoms with van der Waals surface area (Å²) in [5.74, 6) is -1.14. The van der Waals surface area contributed by atoms with Crippen LogP contribution in [0.2, 0.25) is 0 Å². The summed E-state index contributed by atoms with van der Waals surface area (Å²) in [6, 6.07) is 5.09. The van der Waals surface area contributed by atoms with Gasteiger partial charge in [0.2, 0.25) is 15.9 Å². The third-order valence-corrected chi connectivity index (χ3v) is 8.43. The van der Waals surface area contributed by atoms with Crippen LogP contribution in [0, 0.1) is 11.8 Å². The predicted octanol–water partition coefficient (Wildman–Crippen LogP) is 2.95. The molecule has 2 amide bonds. The van der Waals surface area contributed by atoms with E-state index < -0.39 is 33.9 Å². The number of hydrogen-bond donors (Lipinski definition) is 0. The fourth-order valence-corrected chi connectivity index (χ4v) is 6.37. The Morgan fingerprint density at radius 1 is 1.26 bits per heavy atom. The Labute approximate surface area is 193 Å². The molecule has 0 radical (unpaired) electrons. The molecule has 0 spiro atoms. The van der Waals surface area contributed by atoms with Crippen LogP contribution in [0.4, 0.5) is 0 Å². The minimum atomic E-state index is -3.68. The second kappa shape index (κ2) is 8.83. The lowest BCUT2D eigenvalue weighted by Gasteiger charge is -2.29. The molecule has 3 atom stereocenters. The Balaban J connectivity index is 1.89. The summed E-state index contributed by atoms with van der Waals surface area (Å²) >= 11 is 3.60. The maximum Gasteiger partial charge on any atom is 0.254 e. The first kappa shape index (κ1) is 24.2. The molecule has 2 aliphatic rings. The average Bonchev–Trinajstić information content (AvgIpc) is 3.17. The molecule has 1 aromatic rings. The number of halogens is 1. The Kier molecular flexibility index (Phi) is 6.89. The van der Waals surface area contributed by atoms with Crippen molar-refractivity contribution in [2.45, 2.75) is 58.8 Å². The largest absolute Gasteiger partial charge is 0.333 e. The van der Waals surface area contributed by atoms with Crippen LogP contribution < -0.4 is 0 Å². The molecule has 0 unspecified atom stereocenters. The summed E-state index contributed by atoms with van der Waals surface area (Å²) in [7, 11) is -1.63. The molecular weight excluding hydrogens is 482 g/mol. The summed E-state index contributed by atoms with van der Waals surface area (Å²) in [6.45, 7) is 9.26. The highest BCUT2D eigenvalue weighted by molar-refractivity contribution is 9.10. The zero-order chi connectivity index (χ0) is 23.2. The van der Waals surface area contributed by atoms with E-state index in [9.17, 15) is 18.0 Å². The van der Waals surface area contributed by atoms with Gasteiger partial charge in [-0.15, -0.1) is 0 Å². The average molecular weight is 514 g/mol. The van der Waals surface area contributed by atoms with Crippen molar-refractivity contribution in [2.75, 3.05) is 19.8 Å². The zero-order valence-electron chi connectivity index (χ0n) is 19.0. The van der Waals surface area contributed by atoms with Gasteiger partial charge in [0.15, 0.2) is 0 Å². The van der Waals surface area contributed by atoms with Crippen LogP contribution in [0.3, 0.4) is 0 Å². The van der Waals surface area contributed by atoms with Gasteiger partial charge in [-0.2, -0.15) is 0 Å². The first-order valence-corrected chi connectivity index (χ1v) is 13.3. The number of carbonyl (C=O) groups excluding carboxylic acids is 2. The van der Waals surface area contributed by atoms with Crippen LogP contribution in [-0.2, 0) is 21.4 Å². The van der Waals surface area contributed by atoms with Crippen LogP contribution in [0.25, 0.3) is 0 Å². The van der Waals surface area contributed by atoms with Crippen molar-refractivity contribution in [3.8, 4) is 0 Å². The molecule has 2 fully saturated rings. The van der Waals surface area contributed by atoms with E-state index in [-0.39, 0.29) is 11.8 Å². The quantitative estimate of drug-likeness (QED) is 0.584. The smallest absolute Gasteiger partial charge is 0.254 e. The highest BCUT2D eigenvalue weighted by Crippen LogP contribution is 2.41. The monoisotopic (exact) mass is 513 g/mol. The number of nitrogens with zero attached hydrogens (tertiary/aromatic N) is 3. The van der Waals surface area contributed by atoms with Gasteiger partial charge >= 0.3 is 0 Å². The summed E-state index contributed by atoms with van der Waals surface area (Å²) in [4.78, 5) is 30.3. The van der Waals surface area contributed by atoms with E-state index in [4.69, 9.17) is 0 Å². The van der Waals surface area contributed by atoms with Gasteiger partial charge in [0.1, 0.15) is 0 Å². The summed E-state index contributed by atoms with van der Waals surface area (Å²) < 4.78 is 26.5. The van der Waals surface area contributed by atoms with E-state index in [0.29, 0.717) is 24.6 Å². The van der Waals surface area contributed by atoms with Gasteiger partial charge in [0.05, 0.1) is 24.3 Å². The van der Waals surface area contributed by atoms with Crippen LogP contribution in [-0.4, -0.2) is 72.3 Å². The maximum absolute atomic E-state index is 13.4. The number of benzene rings is 1. The van der Waals surface area contributed by atoms with Crippen molar-refractivity contribution in [1.29, 1.82) is 0 Å². The molecule has 3 rings (SSSR count). The van der Waals surface area contributed by atoms with Crippen LogP contribution in [0.1, 0.15) is 50.0 Å². The molecule has 9 heteroatoms. The number of carbonyl (C=O) groups is 2. The van der Waals surface area contributed by atoms with Crippen LogP contribution in [0.5, 0.6) is 0 Å². The normalized spacial score (nSPS) is 24.1. The van der Waals surface area contributed by atoms with Gasteiger partial charge in [0, 0.05) is 29.2 Å². The van der Waals surface area contributed by atoms with Crippen molar-refractivity contribution >= 4 is 37.8 Å². The fourth-order valence-electron chi connectivity index (χ4n) is 4.70. The molecule has 7 nitrogen and oxygen atoms in total. The van der Waals surface area contributed by atoms with Crippen molar-refractivity contribution in [3.05, 3.63) is 33.8 Å². The molecule has 0 bridgehead atoms. The van der Waals surface area contributed by atoms with Crippen LogP contribution in [0.15, 0.2) is 22.7 Å². The summed E-state index contributed by atoms with van der Waals surface area (Å²) in [5, 5.41) is 0. The third-order valence-electron chi connectivity index (χ3n) is 6.53. The number of likely N-dealkylation sites (tertiary alicyclic amines) is 1. The van der Waals surface area contributed by atoms with Crippen molar-refractivity contribution < 1.29 is 18.0 Å². The Morgan fingerprint density at radius 2 is 1.90 bits per heavy atom. The minimum Gasteiger partial charge on any atom is -0.333 e. The van der Waals surface area contributed by atoms with Crippen molar-refractivity contribution in [2.24, 2.45) is 11.8 Å². The molecule has 172 valence electrons. The van der Waals surface area contributed by atoms with Gasteiger partial charge in [-0.25, -0.2) is 12.7 Å². The Hall–Kier alpha value is -1.45. The maximum atomic E-state index is 13.4. The van der Waals surface area contributed by atoms with Crippen molar-refractivity contribution in [1.82, 2.24) is 14.1 Å². The van der Waals surface area contributed by atoms with E-state index in [1.54, 1.807) is 4.90 Å². The molecule has 2 aliphatic heterocycles. The third kappa shape index (κ3) is 4.54. The molecule has 31 heavy (non-hydrogen) atoms. The van der Waals surface area contributed by atoms with Crippen LogP contribution >= 0.6 is 15.9 Å². The SMILES string of the molecule is CC(C)[C@@H]1C(=O)N(S(C)(=O)=O)[C@@H]2CCN(C(=O)c3ccc(CN(C)C(C)C)c(Br)c3)[C@H]21. The highest BCUT2D eigenvalue weighted by Gasteiger charge is 2.58. The first-order valence-electron chi connectivity index (χ1n) is 10.7. The lowest BCUT2D eigenvalue weighted by Crippen LogP contribution is -2.44. The molecule has 0 saturated carbocycles. The van der Waals surface area contributed by atoms with E-state index in [1.807, 2.05) is 32.0 Å². The number of rotatable bonds is 6. The summed E-state index contributed by atoms with van der Waals surface area (Å²) in [6.07, 6.45) is 1.54. The number of sulfonamides is 1. The molecular formula is C22H32BrN3O4S. The standard InChI is InChI=1S/C22H32BrN3O4S/c1-13(2)19-20-18(26(22(19)28)31(6,29)30)9-10-25(20)21(27)15-7-8-16(17(23)11-15)12-24(5)14(3)4/h7-8,11,13-14,18-20H,9-10,12H2,1-6H3/t18-,19+,20-/m1/s1. The lowest BCUT2D eigenvalue weighted by molar-refractivity contribution is -0.129. The minimum absolute atomic E-state index is 0.0687. The molecule has 2 heterocycles. The topological polar surface area (TPSA) is 78.0 Å². The summed E-state index contributed by atoms with van der Waals surface area (Å²) in [5.41, 5.74) is 1.63. The molecule has 2 saturated heterocycles. The Morgan fingerprint density at radius 3 is 2.42 bits per heavy atom. The molecule has 0 aliphatic carbocycles. The second-order valence-corrected chi connectivity index (χ2v) is 12.0. The number of amides is 2. The Bertz CT molecular complexity index is 979. The zero-order valence-corrected chi connectivity index (χ0v) is 21.4. The van der Waals surface area contributed by atoms with E-state index in [2.05, 4.69) is 41.7 Å². The van der Waals surface area contributed by atoms with E-state index >= 15 is 0 Å². The number of hydrogen-bond acceptors (Lipinski definition) is 5. The lowest BCUT2D eigenvalue weighted by atomic mass is 9.88. The van der Waals surface area contributed by atoms with Gasteiger partial charge < -0.3 is 4.90 Å². The number of fused-ring (bicyclic) bond motifs is 1. The highest BCUT2D eigenvalue weighted by atomic mass is 79.9. The fraction of sp³-hybridized carbons (Fsp3) is 0.636. The van der Waals surface area contributed by atoms with Gasteiger partial charge in [-0.1, -0.05) is 35.8 Å².